The molecule has 0 bridgehead atoms. The third-order valence-electron chi connectivity index (χ3n) is 5.43. The molecule has 1 fully saturated rings. The Labute approximate surface area is 178 Å². The Hall–Kier alpha value is -2.10. The first-order chi connectivity index (χ1) is 13.7. The number of nitrogens with one attached hydrogen (secondary N) is 1. The van der Waals surface area contributed by atoms with Crippen LogP contribution in [0.15, 0.2) is 30.5 Å². The quantitative estimate of drug-likeness (QED) is 0.708. The van der Waals surface area contributed by atoms with E-state index >= 15 is 0 Å². The Kier molecular flexibility index (Phi) is 5.68. The molecule has 0 saturated carbocycles. The van der Waals surface area contributed by atoms with Crippen LogP contribution in [0.4, 0.5) is 18.9 Å². The summed E-state index contributed by atoms with van der Waals surface area (Å²) in [5.41, 5.74) is -0.797. The number of hydrogen-bond acceptors (Lipinski definition) is 4. The van der Waals surface area contributed by atoms with Crippen LogP contribution in [0.3, 0.4) is 0 Å². The highest BCUT2D eigenvalue weighted by atomic mass is 35.5. The number of halogens is 4. The van der Waals surface area contributed by atoms with E-state index < -0.39 is 36.0 Å². The van der Waals surface area contributed by atoms with Crippen molar-refractivity contribution < 1.29 is 27.3 Å². The van der Waals surface area contributed by atoms with Gasteiger partial charge in [0.15, 0.2) is 0 Å². The molecule has 1 aromatic carbocycles. The highest BCUT2D eigenvalue weighted by molar-refractivity contribution is 6.63. The molecule has 1 aromatic heterocycles. The molecular weight excluding hydrogens is 419 g/mol. The molecule has 1 aliphatic rings. The van der Waals surface area contributed by atoms with Crippen LogP contribution in [0.25, 0.3) is 0 Å². The van der Waals surface area contributed by atoms with Gasteiger partial charge in [-0.05, 0) is 69.9 Å². The third-order valence-corrected chi connectivity index (χ3v) is 5.74. The molecule has 0 radical (unpaired) electrons. The van der Waals surface area contributed by atoms with E-state index in [1.165, 1.54) is 0 Å². The van der Waals surface area contributed by atoms with Crippen LogP contribution in [0.1, 0.15) is 49.3 Å². The first kappa shape index (κ1) is 22.6. The molecule has 0 atom stereocenters. The number of benzene rings is 1. The third kappa shape index (κ3) is 4.33. The first-order valence-corrected chi connectivity index (χ1v) is 9.59. The predicted octanol–water partition coefficient (Wildman–Crippen LogP) is 4.61. The van der Waals surface area contributed by atoms with Crippen molar-refractivity contribution in [3.8, 4) is 0 Å². The predicted molar refractivity (Wildman–Crippen MR) is 109 cm³/mol. The lowest BCUT2D eigenvalue weighted by Crippen LogP contribution is -2.41. The maximum atomic E-state index is 12.9. The molecule has 1 aliphatic heterocycles. The molecule has 2 heterocycles. The molecule has 3 rings (SSSR count). The van der Waals surface area contributed by atoms with E-state index in [1.807, 2.05) is 34.6 Å². The van der Waals surface area contributed by atoms with Gasteiger partial charge < -0.3 is 14.6 Å². The summed E-state index contributed by atoms with van der Waals surface area (Å²) in [5, 5.41) is 2.76. The average molecular weight is 441 g/mol. The van der Waals surface area contributed by atoms with Gasteiger partial charge in [0.25, 0.3) is 5.91 Å². The number of anilines is 1. The normalized spacial score (nSPS) is 17.8. The Morgan fingerprint density at radius 2 is 1.73 bits per heavy atom. The first-order valence-electron chi connectivity index (χ1n) is 9.21. The van der Waals surface area contributed by atoms with E-state index in [1.54, 1.807) is 12.1 Å². The van der Waals surface area contributed by atoms with Crippen molar-refractivity contribution in [1.82, 2.24) is 4.98 Å². The van der Waals surface area contributed by atoms with Crippen molar-refractivity contribution in [2.75, 3.05) is 5.32 Å². The largest absolute Gasteiger partial charge is 0.495 e. The number of aryl methyl sites for hydroxylation is 1. The molecule has 1 saturated heterocycles. The number of carbonyl (C=O) groups excluding carboxylic acids is 1. The van der Waals surface area contributed by atoms with E-state index in [0.29, 0.717) is 11.5 Å². The molecule has 1 N–H and O–H groups in total. The van der Waals surface area contributed by atoms with Crippen LogP contribution < -0.4 is 10.8 Å². The molecule has 0 unspecified atom stereocenters. The van der Waals surface area contributed by atoms with Crippen molar-refractivity contribution >= 4 is 35.8 Å². The van der Waals surface area contributed by atoms with E-state index in [-0.39, 0.29) is 16.4 Å². The van der Waals surface area contributed by atoms with Crippen LogP contribution in [-0.2, 0) is 15.5 Å². The Bertz CT molecular complexity index is 980. The van der Waals surface area contributed by atoms with Gasteiger partial charge in [-0.25, -0.2) is 0 Å². The van der Waals surface area contributed by atoms with Crippen molar-refractivity contribution in [2.45, 2.75) is 52.0 Å². The summed E-state index contributed by atoms with van der Waals surface area (Å²) in [7, 11) is -0.686. The maximum Gasteiger partial charge on any atom is 0.495 e. The Balaban J connectivity index is 1.89. The standard InChI is InChI=1S/C20H21BClF3N2O3/c1-11-8-14(22)15(10-13(11)21-29-18(2,3)19(4,5)30-21)27-17(28)16-9-12(6-7-26-16)20(23,24)25/h6-10H,1-5H3,(H,27,28). The van der Waals surface area contributed by atoms with Crippen LogP contribution in [0.5, 0.6) is 0 Å². The van der Waals surface area contributed by atoms with Gasteiger partial charge >= 0.3 is 13.3 Å². The summed E-state index contributed by atoms with van der Waals surface area (Å²) in [5.74, 6) is -0.813. The van der Waals surface area contributed by atoms with Crippen LogP contribution in [0.2, 0.25) is 5.02 Å². The summed E-state index contributed by atoms with van der Waals surface area (Å²) in [6, 6.07) is 4.72. The van der Waals surface area contributed by atoms with Gasteiger partial charge in [-0.3, -0.25) is 9.78 Å². The minimum absolute atomic E-state index is 0.219. The van der Waals surface area contributed by atoms with Crippen molar-refractivity contribution in [3.63, 3.8) is 0 Å². The van der Waals surface area contributed by atoms with E-state index in [2.05, 4.69) is 10.3 Å². The van der Waals surface area contributed by atoms with Gasteiger partial charge in [-0.2, -0.15) is 13.2 Å². The zero-order chi connectivity index (χ0) is 22.5. The zero-order valence-corrected chi connectivity index (χ0v) is 17.9. The molecule has 0 spiro atoms. The highest BCUT2D eigenvalue weighted by Crippen LogP contribution is 2.37. The molecule has 5 nitrogen and oxygen atoms in total. The molecule has 0 aliphatic carbocycles. The Morgan fingerprint density at radius 1 is 1.13 bits per heavy atom. The number of rotatable bonds is 3. The summed E-state index contributed by atoms with van der Waals surface area (Å²) in [6.07, 6.45) is -3.65. The number of pyridine rings is 1. The van der Waals surface area contributed by atoms with Crippen LogP contribution in [-0.4, -0.2) is 29.2 Å². The second-order valence-corrected chi connectivity index (χ2v) is 8.57. The summed E-state index contributed by atoms with van der Waals surface area (Å²) in [4.78, 5) is 16.2. The van der Waals surface area contributed by atoms with E-state index in [0.717, 1.165) is 17.8 Å². The van der Waals surface area contributed by atoms with Gasteiger partial charge in [0, 0.05) is 6.20 Å². The smallest absolute Gasteiger partial charge is 0.399 e. The van der Waals surface area contributed by atoms with Crippen molar-refractivity contribution in [1.29, 1.82) is 0 Å². The summed E-state index contributed by atoms with van der Waals surface area (Å²) < 4.78 is 50.8. The molecule has 30 heavy (non-hydrogen) atoms. The number of carbonyl (C=O) groups is 1. The maximum absolute atomic E-state index is 12.9. The number of aromatic nitrogens is 1. The second kappa shape index (κ2) is 7.55. The molecular formula is C20H21BClF3N2O3. The lowest BCUT2D eigenvalue weighted by atomic mass is 9.76. The molecule has 1 amide bonds. The van der Waals surface area contributed by atoms with Gasteiger partial charge in [0.2, 0.25) is 0 Å². The average Bonchev–Trinajstić information content (AvgIpc) is 2.84. The molecule has 2 aromatic rings. The van der Waals surface area contributed by atoms with Crippen LogP contribution >= 0.6 is 11.6 Å². The Morgan fingerprint density at radius 3 is 2.30 bits per heavy atom. The van der Waals surface area contributed by atoms with E-state index in [9.17, 15) is 18.0 Å². The fourth-order valence-electron chi connectivity index (χ4n) is 2.93. The lowest BCUT2D eigenvalue weighted by molar-refractivity contribution is -0.137. The monoisotopic (exact) mass is 440 g/mol. The molecule has 10 heteroatoms. The number of alkyl halides is 3. The number of nitrogens with zero attached hydrogens (tertiary/aromatic N) is 1. The van der Waals surface area contributed by atoms with Gasteiger partial charge in [-0.15, -0.1) is 0 Å². The fourth-order valence-corrected chi connectivity index (χ4v) is 3.19. The van der Waals surface area contributed by atoms with Gasteiger partial charge in [0.05, 0.1) is 27.5 Å². The number of amides is 1. The number of hydrogen-bond donors (Lipinski definition) is 1. The SMILES string of the molecule is Cc1cc(Cl)c(NC(=O)c2cc(C(F)(F)F)ccn2)cc1B1OC(C)(C)C(C)(C)O1. The fraction of sp³-hybridized carbons (Fsp3) is 0.400. The van der Waals surface area contributed by atoms with Crippen LogP contribution in [0, 0.1) is 6.92 Å². The van der Waals surface area contributed by atoms with Crippen molar-refractivity contribution in [2.24, 2.45) is 0 Å². The minimum atomic E-state index is -4.58. The zero-order valence-electron chi connectivity index (χ0n) is 17.1. The van der Waals surface area contributed by atoms with Gasteiger partial charge in [0.1, 0.15) is 5.69 Å². The highest BCUT2D eigenvalue weighted by Gasteiger charge is 2.52. The molecule has 160 valence electrons. The van der Waals surface area contributed by atoms with Crippen molar-refractivity contribution in [3.05, 3.63) is 52.3 Å². The van der Waals surface area contributed by atoms with Gasteiger partial charge in [-0.1, -0.05) is 11.6 Å². The second-order valence-electron chi connectivity index (χ2n) is 8.16. The summed E-state index contributed by atoms with van der Waals surface area (Å²) >= 11 is 6.26. The topological polar surface area (TPSA) is 60.5 Å². The summed E-state index contributed by atoms with van der Waals surface area (Å²) in [6.45, 7) is 9.49. The lowest BCUT2D eigenvalue weighted by Gasteiger charge is -2.32. The van der Waals surface area contributed by atoms with E-state index in [4.69, 9.17) is 20.9 Å². The minimum Gasteiger partial charge on any atom is -0.399 e.